The standard InChI is InChI=1S/C11H17N3S/c1-9-5-6-11(14-13-9)15-8-10-4-2-3-7-12-10/h5-6,10,12H,2-4,7-8H2,1H3/t10-/m1/s1. The van der Waals surface area contributed by atoms with Crippen molar-refractivity contribution < 1.29 is 0 Å². The monoisotopic (exact) mass is 223 g/mol. The minimum Gasteiger partial charge on any atom is -0.313 e. The van der Waals surface area contributed by atoms with Gasteiger partial charge in [-0.25, -0.2) is 0 Å². The third-order valence-electron chi connectivity index (χ3n) is 2.62. The van der Waals surface area contributed by atoms with E-state index in [1.807, 2.05) is 13.0 Å². The van der Waals surface area contributed by atoms with Gasteiger partial charge in [-0.2, -0.15) is 5.10 Å². The van der Waals surface area contributed by atoms with E-state index in [0.717, 1.165) is 16.5 Å². The highest BCUT2D eigenvalue weighted by atomic mass is 32.2. The largest absolute Gasteiger partial charge is 0.313 e. The van der Waals surface area contributed by atoms with Gasteiger partial charge in [-0.05, 0) is 38.4 Å². The van der Waals surface area contributed by atoms with E-state index in [-0.39, 0.29) is 0 Å². The summed E-state index contributed by atoms with van der Waals surface area (Å²) in [4.78, 5) is 0. The molecule has 0 radical (unpaired) electrons. The molecule has 0 aliphatic carbocycles. The van der Waals surface area contributed by atoms with Crippen LogP contribution >= 0.6 is 11.8 Å². The predicted molar refractivity (Wildman–Crippen MR) is 63.1 cm³/mol. The van der Waals surface area contributed by atoms with Gasteiger partial charge in [0.2, 0.25) is 0 Å². The molecule has 82 valence electrons. The van der Waals surface area contributed by atoms with Crippen LogP contribution in [-0.4, -0.2) is 28.5 Å². The maximum Gasteiger partial charge on any atom is 0.119 e. The van der Waals surface area contributed by atoms with Crippen LogP contribution in [0.5, 0.6) is 0 Å². The summed E-state index contributed by atoms with van der Waals surface area (Å²) < 4.78 is 0. The molecule has 0 saturated carbocycles. The van der Waals surface area contributed by atoms with Crippen molar-refractivity contribution in [2.24, 2.45) is 0 Å². The fourth-order valence-corrected chi connectivity index (χ4v) is 2.64. The van der Waals surface area contributed by atoms with E-state index in [1.165, 1.54) is 25.8 Å². The molecule has 1 aliphatic heterocycles. The highest BCUT2D eigenvalue weighted by Crippen LogP contribution is 2.18. The molecule has 0 amide bonds. The number of nitrogens with one attached hydrogen (secondary N) is 1. The average molecular weight is 223 g/mol. The summed E-state index contributed by atoms with van der Waals surface area (Å²) in [6, 6.07) is 4.73. The molecule has 0 spiro atoms. The van der Waals surface area contributed by atoms with Gasteiger partial charge in [-0.3, -0.25) is 0 Å². The normalized spacial score (nSPS) is 21.5. The Morgan fingerprint density at radius 2 is 2.33 bits per heavy atom. The summed E-state index contributed by atoms with van der Waals surface area (Å²) in [5, 5.41) is 12.8. The van der Waals surface area contributed by atoms with Crippen LogP contribution in [0, 0.1) is 6.92 Å². The Kier molecular flexibility index (Phi) is 3.97. The van der Waals surface area contributed by atoms with Gasteiger partial charge in [-0.1, -0.05) is 6.42 Å². The van der Waals surface area contributed by atoms with Crippen molar-refractivity contribution in [1.82, 2.24) is 15.5 Å². The zero-order chi connectivity index (χ0) is 10.5. The number of nitrogens with zero attached hydrogens (tertiary/aromatic N) is 2. The summed E-state index contributed by atoms with van der Waals surface area (Å²) in [6.45, 7) is 3.13. The highest BCUT2D eigenvalue weighted by molar-refractivity contribution is 7.99. The van der Waals surface area contributed by atoms with Gasteiger partial charge in [0.25, 0.3) is 0 Å². The highest BCUT2D eigenvalue weighted by Gasteiger charge is 2.12. The molecule has 0 aromatic carbocycles. The maximum atomic E-state index is 4.15. The molecule has 2 heterocycles. The Bertz CT molecular complexity index is 293. The second-order valence-corrected chi connectivity index (χ2v) is 5.01. The van der Waals surface area contributed by atoms with Crippen molar-refractivity contribution >= 4 is 11.8 Å². The molecule has 2 rings (SSSR count). The Hall–Kier alpha value is -0.610. The smallest absolute Gasteiger partial charge is 0.119 e. The van der Waals surface area contributed by atoms with E-state index in [2.05, 4.69) is 21.6 Å². The van der Waals surface area contributed by atoms with Crippen LogP contribution in [-0.2, 0) is 0 Å². The molecular formula is C11H17N3S. The van der Waals surface area contributed by atoms with E-state index in [0.29, 0.717) is 6.04 Å². The summed E-state index contributed by atoms with van der Waals surface area (Å²) >= 11 is 1.80. The lowest BCUT2D eigenvalue weighted by Crippen LogP contribution is -2.35. The van der Waals surface area contributed by atoms with E-state index in [1.54, 1.807) is 11.8 Å². The molecule has 1 fully saturated rings. The van der Waals surface area contributed by atoms with Gasteiger partial charge in [0.05, 0.1) is 5.69 Å². The number of hydrogen-bond acceptors (Lipinski definition) is 4. The van der Waals surface area contributed by atoms with E-state index >= 15 is 0 Å². The first-order valence-electron chi connectivity index (χ1n) is 5.51. The summed E-state index contributed by atoms with van der Waals surface area (Å²) in [5.41, 5.74) is 0.982. The van der Waals surface area contributed by atoms with Crippen molar-refractivity contribution in [2.75, 3.05) is 12.3 Å². The first kappa shape index (κ1) is 10.9. The van der Waals surface area contributed by atoms with Gasteiger partial charge in [-0.15, -0.1) is 16.9 Å². The maximum absolute atomic E-state index is 4.15. The van der Waals surface area contributed by atoms with Crippen LogP contribution in [0.15, 0.2) is 17.2 Å². The van der Waals surface area contributed by atoms with E-state index in [4.69, 9.17) is 0 Å². The second-order valence-electron chi connectivity index (χ2n) is 3.97. The third kappa shape index (κ3) is 3.47. The SMILES string of the molecule is Cc1ccc(SC[C@H]2CCCCN2)nn1. The van der Waals surface area contributed by atoms with Crippen molar-refractivity contribution in [3.8, 4) is 0 Å². The Morgan fingerprint density at radius 1 is 1.40 bits per heavy atom. The van der Waals surface area contributed by atoms with Crippen LogP contribution in [0.1, 0.15) is 25.0 Å². The van der Waals surface area contributed by atoms with Gasteiger partial charge in [0, 0.05) is 11.8 Å². The molecule has 1 atom stereocenters. The second kappa shape index (κ2) is 5.47. The molecule has 1 saturated heterocycles. The van der Waals surface area contributed by atoms with Crippen LogP contribution in [0.3, 0.4) is 0 Å². The zero-order valence-electron chi connectivity index (χ0n) is 9.07. The first-order valence-corrected chi connectivity index (χ1v) is 6.50. The number of hydrogen-bond donors (Lipinski definition) is 1. The number of rotatable bonds is 3. The number of thioether (sulfide) groups is 1. The van der Waals surface area contributed by atoms with Crippen molar-refractivity contribution in [3.63, 3.8) is 0 Å². The van der Waals surface area contributed by atoms with Crippen molar-refractivity contribution in [3.05, 3.63) is 17.8 Å². The molecule has 3 nitrogen and oxygen atoms in total. The lowest BCUT2D eigenvalue weighted by molar-refractivity contribution is 0.430. The predicted octanol–water partition coefficient (Wildman–Crippen LogP) is 2.02. The zero-order valence-corrected chi connectivity index (χ0v) is 9.89. The molecule has 1 aromatic heterocycles. The van der Waals surface area contributed by atoms with Gasteiger partial charge < -0.3 is 5.32 Å². The average Bonchev–Trinajstić information content (AvgIpc) is 2.30. The summed E-state index contributed by atoms with van der Waals surface area (Å²) in [7, 11) is 0. The molecule has 1 N–H and O–H groups in total. The number of aromatic nitrogens is 2. The molecule has 0 bridgehead atoms. The molecular weight excluding hydrogens is 206 g/mol. The van der Waals surface area contributed by atoms with Crippen LogP contribution < -0.4 is 5.32 Å². The Morgan fingerprint density at radius 3 is 3.00 bits per heavy atom. The lowest BCUT2D eigenvalue weighted by Gasteiger charge is -2.22. The van der Waals surface area contributed by atoms with Gasteiger partial charge in [0.15, 0.2) is 0 Å². The van der Waals surface area contributed by atoms with Crippen molar-refractivity contribution in [2.45, 2.75) is 37.3 Å². The Balaban J connectivity index is 1.79. The minimum absolute atomic E-state index is 0.659. The summed E-state index contributed by atoms with van der Waals surface area (Å²) in [6.07, 6.45) is 3.98. The molecule has 0 unspecified atom stereocenters. The number of piperidine rings is 1. The molecule has 4 heteroatoms. The Labute approximate surface area is 95.1 Å². The molecule has 1 aliphatic rings. The van der Waals surface area contributed by atoms with Crippen LogP contribution in [0.4, 0.5) is 0 Å². The van der Waals surface area contributed by atoms with Crippen molar-refractivity contribution in [1.29, 1.82) is 0 Å². The molecule has 1 aromatic rings. The van der Waals surface area contributed by atoms with E-state index in [9.17, 15) is 0 Å². The quantitative estimate of drug-likeness (QED) is 0.796. The topological polar surface area (TPSA) is 37.8 Å². The van der Waals surface area contributed by atoms with Crippen LogP contribution in [0.2, 0.25) is 0 Å². The number of aryl methyl sites for hydroxylation is 1. The first-order chi connectivity index (χ1) is 7.34. The molecule has 15 heavy (non-hydrogen) atoms. The minimum atomic E-state index is 0.659. The van der Waals surface area contributed by atoms with E-state index < -0.39 is 0 Å². The lowest BCUT2D eigenvalue weighted by atomic mass is 10.1. The summed E-state index contributed by atoms with van der Waals surface area (Å²) in [5.74, 6) is 1.11. The van der Waals surface area contributed by atoms with Gasteiger partial charge in [0.1, 0.15) is 5.03 Å². The fourth-order valence-electron chi connectivity index (χ4n) is 1.72. The fraction of sp³-hybridized carbons (Fsp3) is 0.636. The van der Waals surface area contributed by atoms with Gasteiger partial charge >= 0.3 is 0 Å². The third-order valence-corrected chi connectivity index (χ3v) is 3.70. The van der Waals surface area contributed by atoms with Crippen LogP contribution in [0.25, 0.3) is 0 Å².